The van der Waals surface area contributed by atoms with E-state index in [1.165, 1.54) is 4.57 Å². The third-order valence-corrected chi connectivity index (χ3v) is 4.66. The fourth-order valence-electron chi connectivity index (χ4n) is 2.90. The molecular weight excluding hydrogens is 324 g/mol. The van der Waals surface area contributed by atoms with Gasteiger partial charge in [-0.2, -0.15) is 4.98 Å². The molecule has 2 heterocycles. The smallest absolute Gasteiger partial charge is 0.332 e. The van der Waals surface area contributed by atoms with Crippen LogP contribution in [0.25, 0.3) is 11.2 Å². The standard InChI is InChI=1S/C17H28N4O4/c1-5-12(6-2)11-25-16-18-14-13(20(16)7-3)15(23)21(9-8-10-22)17(24)19(14)4/h12,22H,5-11H2,1-4H3. The Morgan fingerprint density at radius 3 is 2.40 bits per heavy atom. The van der Waals surface area contributed by atoms with Crippen molar-refractivity contribution in [1.29, 1.82) is 0 Å². The average Bonchev–Trinajstić information content (AvgIpc) is 2.99. The van der Waals surface area contributed by atoms with E-state index in [2.05, 4.69) is 18.8 Å². The summed E-state index contributed by atoms with van der Waals surface area (Å²) in [6, 6.07) is 0.372. The number of fused-ring (bicyclic) bond motifs is 1. The van der Waals surface area contributed by atoms with Crippen LogP contribution in [0.1, 0.15) is 40.0 Å². The van der Waals surface area contributed by atoms with Crippen LogP contribution in [0.5, 0.6) is 6.01 Å². The maximum Gasteiger partial charge on any atom is 0.332 e. The fraction of sp³-hybridized carbons (Fsp3) is 0.706. The molecule has 0 saturated heterocycles. The zero-order valence-corrected chi connectivity index (χ0v) is 15.5. The molecule has 0 aliphatic heterocycles. The Bertz CT molecular complexity index is 830. The van der Waals surface area contributed by atoms with E-state index in [0.29, 0.717) is 42.7 Å². The van der Waals surface area contributed by atoms with Crippen LogP contribution < -0.4 is 16.0 Å². The lowest BCUT2D eigenvalue weighted by Crippen LogP contribution is -2.39. The summed E-state index contributed by atoms with van der Waals surface area (Å²) < 4.78 is 10.1. The highest BCUT2D eigenvalue weighted by atomic mass is 16.5. The lowest BCUT2D eigenvalue weighted by Gasteiger charge is -2.13. The lowest BCUT2D eigenvalue weighted by molar-refractivity contribution is 0.217. The van der Waals surface area contributed by atoms with Crippen LogP contribution in [0.3, 0.4) is 0 Å². The van der Waals surface area contributed by atoms with Crippen molar-refractivity contribution in [2.24, 2.45) is 13.0 Å². The van der Waals surface area contributed by atoms with Crippen molar-refractivity contribution in [1.82, 2.24) is 18.7 Å². The zero-order chi connectivity index (χ0) is 18.6. The van der Waals surface area contributed by atoms with E-state index < -0.39 is 11.2 Å². The number of hydrogen-bond acceptors (Lipinski definition) is 5. The number of nitrogens with zero attached hydrogens (tertiary/aromatic N) is 4. The van der Waals surface area contributed by atoms with Crippen molar-refractivity contribution in [3.05, 3.63) is 20.8 Å². The number of aromatic nitrogens is 4. The second-order valence-corrected chi connectivity index (χ2v) is 6.18. The van der Waals surface area contributed by atoms with E-state index in [9.17, 15) is 9.59 Å². The molecule has 8 nitrogen and oxygen atoms in total. The van der Waals surface area contributed by atoms with Gasteiger partial charge in [0.15, 0.2) is 11.2 Å². The summed E-state index contributed by atoms with van der Waals surface area (Å²) in [5.41, 5.74) is -0.129. The number of aliphatic hydroxyl groups is 1. The van der Waals surface area contributed by atoms with Gasteiger partial charge < -0.3 is 9.84 Å². The molecule has 0 unspecified atom stereocenters. The second-order valence-electron chi connectivity index (χ2n) is 6.18. The van der Waals surface area contributed by atoms with Crippen molar-refractivity contribution >= 4 is 11.2 Å². The lowest BCUT2D eigenvalue weighted by atomic mass is 10.1. The molecule has 140 valence electrons. The van der Waals surface area contributed by atoms with Crippen LogP contribution >= 0.6 is 0 Å². The molecule has 0 aromatic carbocycles. The van der Waals surface area contributed by atoms with Crippen molar-refractivity contribution in [2.75, 3.05) is 13.2 Å². The highest BCUT2D eigenvalue weighted by Crippen LogP contribution is 2.19. The molecule has 0 aliphatic rings. The van der Waals surface area contributed by atoms with Gasteiger partial charge in [0.25, 0.3) is 11.6 Å². The number of ether oxygens (including phenoxy) is 1. The first-order valence-corrected chi connectivity index (χ1v) is 8.93. The molecule has 25 heavy (non-hydrogen) atoms. The average molecular weight is 352 g/mol. The van der Waals surface area contributed by atoms with E-state index in [-0.39, 0.29) is 13.2 Å². The summed E-state index contributed by atoms with van der Waals surface area (Å²) in [5, 5.41) is 9.00. The minimum absolute atomic E-state index is 0.0789. The molecule has 2 rings (SSSR count). The number of aliphatic hydroxyl groups excluding tert-OH is 1. The zero-order valence-electron chi connectivity index (χ0n) is 15.5. The molecule has 0 bridgehead atoms. The molecule has 8 heteroatoms. The SMILES string of the molecule is CCC(CC)COc1nc2c(c(=O)n(CCCO)c(=O)n2C)n1CC. The maximum atomic E-state index is 12.8. The third kappa shape index (κ3) is 3.63. The van der Waals surface area contributed by atoms with E-state index in [0.717, 1.165) is 17.4 Å². The van der Waals surface area contributed by atoms with Crippen LogP contribution in [0.4, 0.5) is 0 Å². The molecule has 0 radical (unpaired) electrons. The van der Waals surface area contributed by atoms with Gasteiger partial charge in [-0.15, -0.1) is 0 Å². The quantitative estimate of drug-likeness (QED) is 0.730. The predicted molar refractivity (Wildman–Crippen MR) is 96.2 cm³/mol. The van der Waals surface area contributed by atoms with Gasteiger partial charge >= 0.3 is 5.69 Å². The Balaban J connectivity index is 2.57. The Labute approximate surface area is 146 Å². The van der Waals surface area contributed by atoms with Gasteiger partial charge in [0.05, 0.1) is 6.61 Å². The minimum Gasteiger partial charge on any atom is -0.464 e. The Morgan fingerprint density at radius 1 is 1.16 bits per heavy atom. The van der Waals surface area contributed by atoms with Crippen LogP contribution in [-0.2, 0) is 20.1 Å². The number of imidazole rings is 1. The van der Waals surface area contributed by atoms with Gasteiger partial charge in [-0.25, -0.2) is 4.79 Å². The Kier molecular flexibility index (Phi) is 6.41. The minimum atomic E-state index is -0.432. The van der Waals surface area contributed by atoms with Crippen LogP contribution in [0, 0.1) is 5.92 Å². The van der Waals surface area contributed by atoms with Crippen molar-refractivity contribution in [2.45, 2.75) is 53.1 Å². The second kappa shape index (κ2) is 8.33. The summed E-state index contributed by atoms with van der Waals surface area (Å²) in [7, 11) is 1.59. The number of aryl methyl sites for hydroxylation is 2. The molecule has 1 N–H and O–H groups in total. The molecular formula is C17H28N4O4. The number of rotatable bonds is 9. The monoisotopic (exact) mass is 352 g/mol. The summed E-state index contributed by atoms with van der Waals surface area (Å²) in [6.45, 7) is 7.29. The van der Waals surface area contributed by atoms with E-state index in [1.807, 2.05) is 6.92 Å². The first kappa shape index (κ1) is 19.2. The molecule has 0 amide bonds. The van der Waals surface area contributed by atoms with Gasteiger partial charge in [0, 0.05) is 26.7 Å². The maximum absolute atomic E-state index is 12.8. The molecule has 0 saturated carbocycles. The largest absolute Gasteiger partial charge is 0.464 e. The molecule has 0 atom stereocenters. The third-order valence-electron chi connectivity index (χ3n) is 4.66. The van der Waals surface area contributed by atoms with Crippen molar-refractivity contribution in [3.63, 3.8) is 0 Å². The summed E-state index contributed by atoms with van der Waals surface area (Å²) in [6.07, 6.45) is 2.36. The summed E-state index contributed by atoms with van der Waals surface area (Å²) in [4.78, 5) is 29.6. The highest BCUT2D eigenvalue weighted by molar-refractivity contribution is 5.71. The topological polar surface area (TPSA) is 91.3 Å². The first-order chi connectivity index (χ1) is 12.0. The highest BCUT2D eigenvalue weighted by Gasteiger charge is 2.20. The molecule has 2 aromatic heterocycles. The van der Waals surface area contributed by atoms with Gasteiger partial charge in [-0.05, 0) is 19.3 Å². The fourth-order valence-corrected chi connectivity index (χ4v) is 2.90. The molecule has 2 aromatic rings. The molecule has 0 aliphatic carbocycles. The Morgan fingerprint density at radius 2 is 1.84 bits per heavy atom. The predicted octanol–water partition coefficient (Wildman–Crippen LogP) is 1.11. The van der Waals surface area contributed by atoms with Gasteiger partial charge in [0.1, 0.15) is 0 Å². The summed E-state index contributed by atoms with van der Waals surface area (Å²) in [5.74, 6) is 0.426. The van der Waals surface area contributed by atoms with E-state index in [4.69, 9.17) is 9.84 Å². The van der Waals surface area contributed by atoms with Crippen LogP contribution in [0.2, 0.25) is 0 Å². The van der Waals surface area contributed by atoms with Crippen molar-refractivity contribution in [3.8, 4) is 6.01 Å². The normalized spacial score (nSPS) is 11.6. The van der Waals surface area contributed by atoms with Gasteiger partial charge in [0.2, 0.25) is 0 Å². The van der Waals surface area contributed by atoms with Gasteiger partial charge in [-0.3, -0.25) is 18.5 Å². The van der Waals surface area contributed by atoms with Crippen molar-refractivity contribution < 1.29 is 9.84 Å². The van der Waals surface area contributed by atoms with E-state index >= 15 is 0 Å². The first-order valence-electron chi connectivity index (χ1n) is 8.93. The molecule has 0 fully saturated rings. The van der Waals surface area contributed by atoms with Gasteiger partial charge in [-0.1, -0.05) is 26.7 Å². The Hall–Kier alpha value is -2.09. The van der Waals surface area contributed by atoms with Crippen LogP contribution in [0.15, 0.2) is 9.59 Å². The van der Waals surface area contributed by atoms with Crippen LogP contribution in [-0.4, -0.2) is 37.0 Å². The number of hydrogen-bond donors (Lipinski definition) is 1. The molecule has 0 spiro atoms. The summed E-state index contributed by atoms with van der Waals surface area (Å²) >= 11 is 0. The van der Waals surface area contributed by atoms with E-state index in [1.54, 1.807) is 11.6 Å².